The molecule has 0 N–H and O–H groups in total. The number of carbonyl (C=O) groups excluding carboxylic acids is 2. The van der Waals surface area contributed by atoms with Gasteiger partial charge in [0, 0.05) is 29.6 Å². The zero-order chi connectivity index (χ0) is 16.5. The number of halogens is 2. The monoisotopic (exact) mass is 365 g/mol. The van der Waals surface area contributed by atoms with E-state index in [0.29, 0.717) is 5.69 Å². The Balaban J connectivity index is 2.22. The molecule has 1 heterocycles. The van der Waals surface area contributed by atoms with Crippen LogP contribution in [-0.4, -0.2) is 39.7 Å². The molecular weight excluding hydrogens is 353 g/mol. The smallest absolute Gasteiger partial charge is 0.337 e. The molecule has 0 spiro atoms. The minimum Gasteiger partial charge on any atom is -0.465 e. The third-order valence-electron chi connectivity index (χ3n) is 3.30. The topological polar surface area (TPSA) is 80.8 Å². The van der Waals surface area contributed by atoms with E-state index in [4.69, 9.17) is 22.3 Å². The molecule has 1 unspecified atom stereocenters. The second kappa shape index (κ2) is 6.44. The maximum Gasteiger partial charge on any atom is 0.337 e. The molecule has 1 saturated heterocycles. The van der Waals surface area contributed by atoms with Crippen LogP contribution in [0.1, 0.15) is 16.8 Å². The molecule has 1 aromatic rings. The van der Waals surface area contributed by atoms with Crippen molar-refractivity contribution in [1.82, 2.24) is 0 Å². The number of rotatable bonds is 4. The Labute approximate surface area is 137 Å². The number of anilines is 1. The third-order valence-corrected chi connectivity index (χ3v) is 4.85. The Morgan fingerprint density at radius 3 is 2.68 bits per heavy atom. The Morgan fingerprint density at radius 2 is 2.14 bits per heavy atom. The van der Waals surface area contributed by atoms with Crippen LogP contribution in [0.25, 0.3) is 0 Å². The van der Waals surface area contributed by atoms with Gasteiger partial charge in [0.15, 0.2) is 0 Å². The molecule has 1 aliphatic rings. The molecule has 0 aliphatic carbocycles. The SMILES string of the molecule is COC(=O)c1ccc(N2CC(CS(=O)(=O)Cl)CC2=O)c(Cl)c1. The van der Waals surface area contributed by atoms with Gasteiger partial charge >= 0.3 is 5.97 Å². The summed E-state index contributed by atoms with van der Waals surface area (Å²) < 4.78 is 26.8. The second-order valence-corrected chi connectivity index (χ2v) is 8.17. The molecule has 2 rings (SSSR count). The standard InChI is InChI=1S/C13H13Cl2NO5S/c1-21-13(18)9-2-3-11(10(14)5-9)16-6-8(4-12(16)17)7-22(15,19)20/h2-3,5,8H,4,6-7H2,1H3. The number of benzene rings is 1. The summed E-state index contributed by atoms with van der Waals surface area (Å²) in [5.41, 5.74) is 0.691. The van der Waals surface area contributed by atoms with Gasteiger partial charge in [-0.15, -0.1) is 0 Å². The Hall–Kier alpha value is -1.31. The lowest BCUT2D eigenvalue weighted by Gasteiger charge is -2.18. The average Bonchev–Trinajstić information content (AvgIpc) is 2.76. The number of hydrogen-bond acceptors (Lipinski definition) is 5. The number of amides is 1. The van der Waals surface area contributed by atoms with E-state index in [2.05, 4.69) is 4.74 Å². The summed E-state index contributed by atoms with van der Waals surface area (Å²) in [6.45, 7) is 0.210. The van der Waals surface area contributed by atoms with Crippen LogP contribution < -0.4 is 4.90 Å². The van der Waals surface area contributed by atoms with Crippen LogP contribution in [0.2, 0.25) is 5.02 Å². The summed E-state index contributed by atoms with van der Waals surface area (Å²) in [7, 11) is 2.81. The van der Waals surface area contributed by atoms with Crippen molar-refractivity contribution >= 4 is 48.9 Å². The van der Waals surface area contributed by atoms with Gasteiger partial charge in [-0.1, -0.05) is 11.6 Å². The fourth-order valence-corrected chi connectivity index (χ4v) is 3.98. The van der Waals surface area contributed by atoms with Crippen LogP contribution in [0.5, 0.6) is 0 Å². The van der Waals surface area contributed by atoms with Crippen molar-refractivity contribution in [2.24, 2.45) is 5.92 Å². The first-order valence-electron chi connectivity index (χ1n) is 6.32. The van der Waals surface area contributed by atoms with Gasteiger partial charge in [-0.2, -0.15) is 0 Å². The first kappa shape index (κ1) is 17.1. The molecule has 6 nitrogen and oxygen atoms in total. The molecule has 0 bridgehead atoms. The molecule has 0 radical (unpaired) electrons. The minimum atomic E-state index is -3.67. The van der Waals surface area contributed by atoms with Crippen molar-refractivity contribution in [3.63, 3.8) is 0 Å². The molecular formula is C13H13Cl2NO5S. The van der Waals surface area contributed by atoms with Crippen molar-refractivity contribution in [2.75, 3.05) is 24.3 Å². The van der Waals surface area contributed by atoms with Gasteiger partial charge in [-0.05, 0) is 18.2 Å². The number of hydrogen-bond donors (Lipinski definition) is 0. The van der Waals surface area contributed by atoms with Crippen molar-refractivity contribution in [3.05, 3.63) is 28.8 Å². The molecule has 1 aliphatic heterocycles. The van der Waals surface area contributed by atoms with E-state index in [1.807, 2.05) is 0 Å². The summed E-state index contributed by atoms with van der Waals surface area (Å²) in [6, 6.07) is 4.43. The molecule has 120 valence electrons. The lowest BCUT2D eigenvalue weighted by atomic mass is 10.1. The average molecular weight is 366 g/mol. The zero-order valence-electron chi connectivity index (χ0n) is 11.6. The summed E-state index contributed by atoms with van der Waals surface area (Å²) in [5.74, 6) is -1.43. The van der Waals surface area contributed by atoms with Gasteiger partial charge < -0.3 is 9.64 Å². The highest BCUT2D eigenvalue weighted by Gasteiger charge is 2.34. The summed E-state index contributed by atoms with van der Waals surface area (Å²) in [6.07, 6.45) is 0.0844. The second-order valence-electron chi connectivity index (χ2n) is 4.94. The zero-order valence-corrected chi connectivity index (χ0v) is 13.9. The summed E-state index contributed by atoms with van der Waals surface area (Å²) in [5, 5.41) is 0.214. The third kappa shape index (κ3) is 3.91. The van der Waals surface area contributed by atoms with Gasteiger partial charge in [0.1, 0.15) is 0 Å². The largest absolute Gasteiger partial charge is 0.465 e. The highest BCUT2D eigenvalue weighted by molar-refractivity contribution is 8.13. The normalized spacial score (nSPS) is 18.6. The van der Waals surface area contributed by atoms with Crippen LogP contribution >= 0.6 is 22.3 Å². The van der Waals surface area contributed by atoms with Crippen molar-refractivity contribution in [1.29, 1.82) is 0 Å². The van der Waals surface area contributed by atoms with E-state index in [1.165, 1.54) is 30.2 Å². The number of esters is 1. The highest BCUT2D eigenvalue weighted by Crippen LogP contribution is 2.32. The van der Waals surface area contributed by atoms with E-state index >= 15 is 0 Å². The van der Waals surface area contributed by atoms with E-state index in [0.717, 1.165) is 0 Å². The maximum atomic E-state index is 12.0. The summed E-state index contributed by atoms with van der Waals surface area (Å²) >= 11 is 6.11. The Morgan fingerprint density at radius 1 is 1.45 bits per heavy atom. The van der Waals surface area contributed by atoms with Crippen molar-refractivity contribution in [3.8, 4) is 0 Å². The molecule has 22 heavy (non-hydrogen) atoms. The van der Waals surface area contributed by atoms with Crippen molar-refractivity contribution in [2.45, 2.75) is 6.42 Å². The molecule has 0 aromatic heterocycles. The van der Waals surface area contributed by atoms with Crippen LogP contribution in [-0.2, 0) is 18.6 Å². The predicted molar refractivity (Wildman–Crippen MR) is 82.9 cm³/mol. The Bertz CT molecular complexity index is 719. The molecule has 1 fully saturated rings. The van der Waals surface area contributed by atoms with Crippen LogP contribution in [0, 0.1) is 5.92 Å². The Kier molecular flexibility index (Phi) is 4.99. The molecule has 1 amide bonds. The van der Waals surface area contributed by atoms with Gasteiger partial charge in [0.25, 0.3) is 0 Å². The number of carbonyl (C=O) groups is 2. The molecule has 0 saturated carbocycles. The molecule has 1 aromatic carbocycles. The summed E-state index contributed by atoms with van der Waals surface area (Å²) in [4.78, 5) is 24.9. The number of ether oxygens (including phenoxy) is 1. The number of nitrogens with zero attached hydrogens (tertiary/aromatic N) is 1. The quantitative estimate of drug-likeness (QED) is 0.602. The number of methoxy groups -OCH3 is 1. The fourth-order valence-electron chi connectivity index (χ4n) is 2.38. The van der Waals surface area contributed by atoms with E-state index < -0.39 is 15.0 Å². The lowest BCUT2D eigenvalue weighted by Crippen LogP contribution is -2.25. The van der Waals surface area contributed by atoms with Crippen LogP contribution in [0.15, 0.2) is 18.2 Å². The molecule has 9 heteroatoms. The van der Waals surface area contributed by atoms with Gasteiger partial charge in [-0.3, -0.25) is 4.79 Å². The van der Waals surface area contributed by atoms with E-state index in [9.17, 15) is 18.0 Å². The highest BCUT2D eigenvalue weighted by atomic mass is 35.7. The van der Waals surface area contributed by atoms with Crippen molar-refractivity contribution < 1.29 is 22.7 Å². The van der Waals surface area contributed by atoms with Crippen LogP contribution in [0.3, 0.4) is 0 Å². The van der Waals surface area contributed by atoms with Crippen LogP contribution in [0.4, 0.5) is 5.69 Å². The first-order valence-corrected chi connectivity index (χ1v) is 9.17. The molecule has 1 atom stereocenters. The van der Waals surface area contributed by atoms with Gasteiger partial charge in [-0.25, -0.2) is 13.2 Å². The van der Waals surface area contributed by atoms with Gasteiger partial charge in [0.05, 0.1) is 29.1 Å². The predicted octanol–water partition coefficient (Wildman–Crippen LogP) is 2.05. The lowest BCUT2D eigenvalue weighted by molar-refractivity contribution is -0.117. The maximum absolute atomic E-state index is 12.0. The fraction of sp³-hybridized carbons (Fsp3) is 0.385. The van der Waals surface area contributed by atoms with E-state index in [1.54, 1.807) is 0 Å². The van der Waals surface area contributed by atoms with E-state index in [-0.39, 0.29) is 41.1 Å². The first-order chi connectivity index (χ1) is 10.2. The van der Waals surface area contributed by atoms with Gasteiger partial charge in [0.2, 0.25) is 15.0 Å². The minimum absolute atomic E-state index is 0.0844.